The van der Waals surface area contributed by atoms with Gasteiger partial charge in [0.25, 0.3) is 0 Å². The van der Waals surface area contributed by atoms with Crippen LogP contribution in [0.25, 0.3) is 0 Å². The van der Waals surface area contributed by atoms with Crippen LogP contribution in [0, 0.1) is 6.92 Å². The van der Waals surface area contributed by atoms with E-state index in [0.29, 0.717) is 11.2 Å². The fourth-order valence-corrected chi connectivity index (χ4v) is 5.95. The van der Waals surface area contributed by atoms with Crippen LogP contribution in [0.4, 0.5) is 5.69 Å². The lowest BCUT2D eigenvalue weighted by Crippen LogP contribution is -2.29. The zero-order chi connectivity index (χ0) is 25.2. The van der Waals surface area contributed by atoms with E-state index in [0.717, 1.165) is 22.9 Å². The molecular formula is C31H32N4OS. The van der Waals surface area contributed by atoms with E-state index in [-0.39, 0.29) is 12.1 Å². The van der Waals surface area contributed by atoms with Gasteiger partial charge < -0.3 is 19.5 Å². The van der Waals surface area contributed by atoms with E-state index in [1.54, 1.807) is 0 Å². The predicted octanol–water partition coefficient (Wildman–Crippen LogP) is 7.67. The van der Waals surface area contributed by atoms with Crippen molar-refractivity contribution in [1.82, 2.24) is 14.9 Å². The van der Waals surface area contributed by atoms with Crippen LogP contribution in [0.1, 0.15) is 67.1 Å². The van der Waals surface area contributed by atoms with Gasteiger partial charge in [-0.15, -0.1) is 0 Å². The summed E-state index contributed by atoms with van der Waals surface area (Å²) in [7, 11) is 0. The van der Waals surface area contributed by atoms with Gasteiger partial charge in [-0.1, -0.05) is 43.0 Å². The van der Waals surface area contributed by atoms with Crippen molar-refractivity contribution >= 4 is 23.0 Å². The molecule has 4 aromatic rings. The molecule has 188 valence electrons. The maximum atomic E-state index is 6.07. The number of thiocarbonyl (C=S) groups is 1. The van der Waals surface area contributed by atoms with E-state index >= 15 is 0 Å². The summed E-state index contributed by atoms with van der Waals surface area (Å²) in [6.07, 6.45) is 12.9. The molecule has 1 saturated heterocycles. The molecule has 0 radical (unpaired) electrons. The van der Waals surface area contributed by atoms with Gasteiger partial charge in [-0.3, -0.25) is 4.98 Å². The van der Waals surface area contributed by atoms with Crippen LogP contribution in [-0.4, -0.2) is 14.7 Å². The van der Waals surface area contributed by atoms with E-state index < -0.39 is 0 Å². The van der Waals surface area contributed by atoms with E-state index in [1.807, 2.05) is 42.6 Å². The van der Waals surface area contributed by atoms with E-state index in [2.05, 4.69) is 75.5 Å². The Balaban J connectivity index is 1.31. The molecule has 0 bridgehead atoms. The molecule has 0 amide bonds. The highest BCUT2D eigenvalue weighted by Crippen LogP contribution is 2.42. The van der Waals surface area contributed by atoms with Gasteiger partial charge in [-0.25, -0.2) is 0 Å². The second-order valence-electron chi connectivity index (χ2n) is 10.1. The number of hydrogen-bond donors (Lipinski definition) is 1. The van der Waals surface area contributed by atoms with Crippen LogP contribution in [0.5, 0.6) is 11.5 Å². The van der Waals surface area contributed by atoms with E-state index in [9.17, 15) is 0 Å². The number of nitrogens with zero attached hydrogens (tertiary/aromatic N) is 3. The lowest BCUT2D eigenvalue weighted by atomic mass is 9.95. The Kier molecular flexibility index (Phi) is 6.66. The SMILES string of the molecule is Cc1ccc(Oc2ccc(N3C(=S)NC(c4ccccn4)C3c3ccn(C4CCCCC4)c3)cc2)cc1. The fourth-order valence-electron chi connectivity index (χ4n) is 5.60. The van der Waals surface area contributed by atoms with Crippen molar-refractivity contribution in [3.8, 4) is 11.5 Å². The van der Waals surface area contributed by atoms with Gasteiger partial charge in [-0.2, -0.15) is 0 Å². The van der Waals surface area contributed by atoms with Crippen molar-refractivity contribution < 1.29 is 4.74 Å². The molecule has 1 N–H and O–H groups in total. The molecule has 37 heavy (non-hydrogen) atoms. The molecule has 3 heterocycles. The first-order valence-electron chi connectivity index (χ1n) is 13.2. The van der Waals surface area contributed by atoms with Crippen molar-refractivity contribution in [3.05, 3.63) is 108 Å². The number of nitrogens with one attached hydrogen (secondary N) is 1. The van der Waals surface area contributed by atoms with Gasteiger partial charge in [0.15, 0.2) is 5.11 Å². The Morgan fingerprint density at radius 3 is 2.32 bits per heavy atom. The highest BCUT2D eigenvalue weighted by molar-refractivity contribution is 7.80. The third-order valence-electron chi connectivity index (χ3n) is 7.54. The van der Waals surface area contributed by atoms with Crippen LogP contribution in [0.15, 0.2) is 91.4 Å². The average Bonchev–Trinajstić information content (AvgIpc) is 3.56. The number of hydrogen-bond acceptors (Lipinski definition) is 3. The number of benzene rings is 2. The lowest BCUT2D eigenvalue weighted by molar-refractivity contribution is 0.353. The van der Waals surface area contributed by atoms with Crippen molar-refractivity contribution in [1.29, 1.82) is 0 Å². The molecular weight excluding hydrogens is 476 g/mol. The van der Waals surface area contributed by atoms with Crippen LogP contribution < -0.4 is 15.0 Å². The molecule has 2 aromatic heterocycles. The van der Waals surface area contributed by atoms with Crippen molar-refractivity contribution in [3.63, 3.8) is 0 Å². The summed E-state index contributed by atoms with van der Waals surface area (Å²) in [5.74, 6) is 1.63. The second kappa shape index (κ2) is 10.4. The molecule has 0 spiro atoms. The summed E-state index contributed by atoms with van der Waals surface area (Å²) in [6.45, 7) is 2.07. The monoisotopic (exact) mass is 508 g/mol. The fraction of sp³-hybridized carbons (Fsp3) is 0.290. The third-order valence-corrected chi connectivity index (χ3v) is 7.86. The number of anilines is 1. The lowest BCUT2D eigenvalue weighted by Gasteiger charge is -2.28. The largest absolute Gasteiger partial charge is 0.457 e. The van der Waals surface area contributed by atoms with Gasteiger partial charge in [0.1, 0.15) is 11.5 Å². The van der Waals surface area contributed by atoms with Gasteiger partial charge in [-0.05, 0) is 92.1 Å². The molecule has 2 fully saturated rings. The first kappa shape index (κ1) is 23.7. The summed E-state index contributed by atoms with van der Waals surface area (Å²) in [6, 6.07) is 25.2. The van der Waals surface area contributed by atoms with Crippen LogP contribution in [0.3, 0.4) is 0 Å². The molecule has 2 aromatic carbocycles. The highest BCUT2D eigenvalue weighted by Gasteiger charge is 2.41. The van der Waals surface area contributed by atoms with E-state index in [1.165, 1.54) is 43.2 Å². The number of rotatable bonds is 6. The first-order chi connectivity index (χ1) is 18.2. The Morgan fingerprint density at radius 2 is 1.62 bits per heavy atom. The number of pyridine rings is 1. The summed E-state index contributed by atoms with van der Waals surface area (Å²) in [4.78, 5) is 6.91. The van der Waals surface area contributed by atoms with Gasteiger partial charge in [0, 0.05) is 30.3 Å². The molecule has 2 aliphatic rings. The minimum atomic E-state index is -0.0422. The summed E-state index contributed by atoms with van der Waals surface area (Å²) in [5, 5.41) is 4.28. The third kappa shape index (κ3) is 4.98. The van der Waals surface area contributed by atoms with Gasteiger partial charge in [0.2, 0.25) is 0 Å². The van der Waals surface area contributed by atoms with Gasteiger partial charge >= 0.3 is 0 Å². The Morgan fingerprint density at radius 1 is 0.892 bits per heavy atom. The molecule has 5 nitrogen and oxygen atoms in total. The standard InChI is InChI=1S/C31H32N4OS/c1-22-10-14-26(15-11-22)36-27-16-12-25(13-17-27)35-30(29(33-31(35)37)28-9-5-6-19-32-28)23-18-20-34(21-23)24-7-3-2-4-8-24/h5-6,9-21,24,29-30H,2-4,7-8H2,1H3,(H,33,37). The molecule has 1 aliphatic heterocycles. The Labute approximate surface area is 224 Å². The zero-order valence-electron chi connectivity index (χ0n) is 21.1. The smallest absolute Gasteiger partial charge is 0.174 e. The van der Waals surface area contributed by atoms with Crippen molar-refractivity contribution in [2.24, 2.45) is 0 Å². The second-order valence-corrected chi connectivity index (χ2v) is 10.5. The molecule has 2 atom stereocenters. The normalized spacial score (nSPS) is 20.1. The summed E-state index contributed by atoms with van der Waals surface area (Å²) in [5.41, 5.74) is 4.47. The quantitative estimate of drug-likeness (QED) is 0.271. The van der Waals surface area contributed by atoms with Crippen LogP contribution >= 0.6 is 12.2 Å². The highest BCUT2D eigenvalue weighted by atomic mass is 32.1. The summed E-state index contributed by atoms with van der Waals surface area (Å²) < 4.78 is 8.49. The maximum absolute atomic E-state index is 6.07. The number of aryl methyl sites for hydroxylation is 1. The predicted molar refractivity (Wildman–Crippen MR) is 152 cm³/mol. The maximum Gasteiger partial charge on any atom is 0.174 e. The van der Waals surface area contributed by atoms with Crippen molar-refractivity contribution in [2.45, 2.75) is 57.2 Å². The Hall–Kier alpha value is -3.64. The summed E-state index contributed by atoms with van der Waals surface area (Å²) >= 11 is 5.91. The molecule has 6 rings (SSSR count). The Bertz CT molecular complexity index is 1340. The average molecular weight is 509 g/mol. The molecule has 1 saturated carbocycles. The minimum absolute atomic E-state index is 0.00360. The van der Waals surface area contributed by atoms with E-state index in [4.69, 9.17) is 17.0 Å². The van der Waals surface area contributed by atoms with Crippen LogP contribution in [0.2, 0.25) is 0 Å². The van der Waals surface area contributed by atoms with Crippen molar-refractivity contribution in [2.75, 3.05) is 4.90 Å². The molecule has 1 aliphatic carbocycles. The minimum Gasteiger partial charge on any atom is -0.457 e. The van der Waals surface area contributed by atoms with Crippen LogP contribution in [-0.2, 0) is 0 Å². The number of ether oxygens (including phenoxy) is 1. The molecule has 6 heteroatoms. The number of aromatic nitrogens is 2. The topological polar surface area (TPSA) is 42.3 Å². The zero-order valence-corrected chi connectivity index (χ0v) is 21.9. The first-order valence-corrected chi connectivity index (χ1v) is 13.6. The molecule has 2 unspecified atom stereocenters. The van der Waals surface area contributed by atoms with Gasteiger partial charge in [0.05, 0.1) is 17.8 Å².